The number of H-pyrrole nitrogens is 1. The Morgan fingerprint density at radius 1 is 1.21 bits per heavy atom. The first-order valence-electron chi connectivity index (χ1n) is 5.66. The molecule has 0 saturated heterocycles. The maximum Gasteiger partial charge on any atom is 0.138 e. The van der Waals surface area contributed by atoms with Crippen molar-refractivity contribution < 1.29 is 4.74 Å². The molecule has 0 amide bonds. The third kappa shape index (κ3) is 2.33. The van der Waals surface area contributed by atoms with Crippen LogP contribution in [0.4, 0.5) is 0 Å². The van der Waals surface area contributed by atoms with Crippen LogP contribution in [0.3, 0.4) is 0 Å². The number of aromatic nitrogens is 2. The molecule has 0 aliphatic carbocycles. The first-order chi connectivity index (χ1) is 9.17. The average Bonchev–Trinajstić information content (AvgIpc) is 2.84. The number of rotatable bonds is 2. The lowest BCUT2D eigenvalue weighted by atomic mass is 10.2. The normalized spacial score (nSPS) is 10.9. The second-order valence-corrected chi connectivity index (χ2v) is 5.36. The molecule has 0 unspecified atom stereocenters. The van der Waals surface area contributed by atoms with Crippen LogP contribution in [0.15, 0.2) is 40.9 Å². The molecule has 3 aromatic rings. The first kappa shape index (κ1) is 12.5. The largest absolute Gasteiger partial charge is 0.497 e. The smallest absolute Gasteiger partial charge is 0.138 e. The molecule has 0 fully saturated rings. The molecule has 1 aromatic heterocycles. The fourth-order valence-corrected chi connectivity index (χ4v) is 2.32. The van der Waals surface area contributed by atoms with Crippen LogP contribution in [0, 0.1) is 0 Å². The predicted octanol–water partition coefficient (Wildman–Crippen LogP) is 4.65. The van der Waals surface area contributed by atoms with Crippen LogP contribution in [-0.2, 0) is 0 Å². The van der Waals surface area contributed by atoms with E-state index in [1.807, 2.05) is 36.4 Å². The van der Waals surface area contributed by atoms with Crippen molar-refractivity contribution in [2.75, 3.05) is 7.11 Å². The van der Waals surface area contributed by atoms with E-state index in [0.717, 1.165) is 32.6 Å². The molecule has 0 saturated carbocycles. The number of imidazole rings is 1. The molecule has 0 aliphatic heterocycles. The molecule has 2 aromatic carbocycles. The summed E-state index contributed by atoms with van der Waals surface area (Å²) in [5, 5.41) is 0.663. The number of aromatic amines is 1. The van der Waals surface area contributed by atoms with Crippen molar-refractivity contribution in [3.63, 3.8) is 0 Å². The van der Waals surface area contributed by atoms with Crippen molar-refractivity contribution in [3.05, 3.63) is 45.9 Å². The maximum absolute atomic E-state index is 6.10. The highest BCUT2D eigenvalue weighted by molar-refractivity contribution is 9.10. The lowest BCUT2D eigenvalue weighted by molar-refractivity contribution is 0.415. The number of ether oxygens (including phenoxy) is 1. The fraction of sp³-hybridized carbons (Fsp3) is 0.0714. The zero-order valence-corrected chi connectivity index (χ0v) is 12.4. The highest BCUT2D eigenvalue weighted by Gasteiger charge is 2.07. The minimum absolute atomic E-state index is 0.663. The number of nitrogens with one attached hydrogen (secondary N) is 1. The van der Waals surface area contributed by atoms with Crippen molar-refractivity contribution in [2.45, 2.75) is 0 Å². The van der Waals surface area contributed by atoms with Crippen molar-refractivity contribution >= 4 is 38.6 Å². The van der Waals surface area contributed by atoms with Crippen LogP contribution >= 0.6 is 27.5 Å². The van der Waals surface area contributed by atoms with Gasteiger partial charge in [0, 0.05) is 16.1 Å². The van der Waals surface area contributed by atoms with Crippen molar-refractivity contribution in [3.8, 4) is 17.1 Å². The van der Waals surface area contributed by atoms with Gasteiger partial charge in [-0.25, -0.2) is 4.98 Å². The highest BCUT2D eigenvalue weighted by Crippen LogP contribution is 2.29. The van der Waals surface area contributed by atoms with Crippen LogP contribution < -0.4 is 4.74 Å². The maximum atomic E-state index is 6.10. The van der Waals surface area contributed by atoms with E-state index in [-0.39, 0.29) is 0 Å². The summed E-state index contributed by atoms with van der Waals surface area (Å²) in [7, 11) is 1.65. The summed E-state index contributed by atoms with van der Waals surface area (Å²) in [5.41, 5.74) is 2.78. The van der Waals surface area contributed by atoms with Crippen molar-refractivity contribution in [1.29, 1.82) is 0 Å². The lowest BCUT2D eigenvalue weighted by Gasteiger charge is -1.99. The van der Waals surface area contributed by atoms with Gasteiger partial charge in [0.25, 0.3) is 0 Å². The average molecular weight is 338 g/mol. The molecule has 0 aliphatic rings. The molecule has 0 spiro atoms. The first-order valence-corrected chi connectivity index (χ1v) is 6.83. The van der Waals surface area contributed by atoms with Gasteiger partial charge in [0.15, 0.2) is 0 Å². The van der Waals surface area contributed by atoms with E-state index in [2.05, 4.69) is 25.9 Å². The summed E-state index contributed by atoms with van der Waals surface area (Å²) in [6.07, 6.45) is 0. The van der Waals surface area contributed by atoms with Gasteiger partial charge < -0.3 is 9.72 Å². The number of hydrogen-bond acceptors (Lipinski definition) is 2. The zero-order valence-electron chi connectivity index (χ0n) is 10.1. The van der Waals surface area contributed by atoms with Gasteiger partial charge in [0.1, 0.15) is 11.6 Å². The van der Waals surface area contributed by atoms with Gasteiger partial charge in [-0.15, -0.1) is 0 Å². The van der Waals surface area contributed by atoms with E-state index in [9.17, 15) is 0 Å². The summed E-state index contributed by atoms with van der Waals surface area (Å²) in [6.45, 7) is 0. The Kier molecular flexibility index (Phi) is 3.21. The molecule has 5 heteroatoms. The number of fused-ring (bicyclic) bond motifs is 1. The third-order valence-electron chi connectivity index (χ3n) is 2.88. The number of benzene rings is 2. The number of nitrogens with zero attached hydrogens (tertiary/aromatic N) is 1. The van der Waals surface area contributed by atoms with Gasteiger partial charge in [-0.05, 0) is 40.2 Å². The van der Waals surface area contributed by atoms with E-state index in [1.165, 1.54) is 0 Å². The van der Waals surface area contributed by atoms with Crippen LogP contribution in [-0.4, -0.2) is 17.1 Å². The van der Waals surface area contributed by atoms with Crippen LogP contribution in [0.2, 0.25) is 5.02 Å². The van der Waals surface area contributed by atoms with Gasteiger partial charge in [-0.3, -0.25) is 0 Å². The molecule has 0 bridgehead atoms. The predicted molar refractivity (Wildman–Crippen MR) is 80.8 cm³/mol. The van der Waals surface area contributed by atoms with E-state index in [1.54, 1.807) is 7.11 Å². The summed E-state index contributed by atoms with van der Waals surface area (Å²) >= 11 is 9.48. The van der Waals surface area contributed by atoms with Crippen LogP contribution in [0.1, 0.15) is 0 Å². The topological polar surface area (TPSA) is 37.9 Å². The Morgan fingerprint density at radius 2 is 2.05 bits per heavy atom. The van der Waals surface area contributed by atoms with Gasteiger partial charge in [0.05, 0.1) is 23.2 Å². The van der Waals surface area contributed by atoms with E-state index >= 15 is 0 Å². The molecule has 96 valence electrons. The molecule has 19 heavy (non-hydrogen) atoms. The third-order valence-corrected chi connectivity index (χ3v) is 4.11. The number of hydrogen-bond donors (Lipinski definition) is 1. The second kappa shape index (κ2) is 4.87. The van der Waals surface area contributed by atoms with Gasteiger partial charge in [-0.1, -0.05) is 17.7 Å². The number of methoxy groups -OCH3 is 1. The van der Waals surface area contributed by atoms with Gasteiger partial charge in [-0.2, -0.15) is 0 Å². The molecule has 0 atom stereocenters. The monoisotopic (exact) mass is 336 g/mol. The summed E-state index contributed by atoms with van der Waals surface area (Å²) in [5.74, 6) is 1.59. The SMILES string of the molecule is COc1ccc2nc(-c3ccc(Br)c(Cl)c3)[nH]c2c1. The minimum atomic E-state index is 0.663. The fourth-order valence-electron chi connectivity index (χ4n) is 1.90. The van der Waals surface area contributed by atoms with Gasteiger partial charge in [0.2, 0.25) is 0 Å². The Labute approximate surface area is 123 Å². The Bertz CT molecular complexity index is 754. The van der Waals surface area contributed by atoms with E-state index < -0.39 is 0 Å². The Balaban J connectivity index is 2.11. The molecule has 1 N–H and O–H groups in total. The van der Waals surface area contributed by atoms with Crippen LogP contribution in [0.5, 0.6) is 5.75 Å². The molecule has 3 nitrogen and oxygen atoms in total. The summed E-state index contributed by atoms with van der Waals surface area (Å²) in [4.78, 5) is 7.81. The van der Waals surface area contributed by atoms with Crippen LogP contribution in [0.25, 0.3) is 22.4 Å². The zero-order chi connectivity index (χ0) is 13.4. The Morgan fingerprint density at radius 3 is 2.79 bits per heavy atom. The highest BCUT2D eigenvalue weighted by atomic mass is 79.9. The Hall–Kier alpha value is -1.52. The van der Waals surface area contributed by atoms with E-state index in [4.69, 9.17) is 16.3 Å². The number of halogens is 2. The van der Waals surface area contributed by atoms with Crippen molar-refractivity contribution in [2.24, 2.45) is 0 Å². The minimum Gasteiger partial charge on any atom is -0.497 e. The van der Waals surface area contributed by atoms with E-state index in [0.29, 0.717) is 5.02 Å². The molecule has 1 heterocycles. The summed E-state index contributed by atoms with van der Waals surface area (Å²) < 4.78 is 6.07. The standard InChI is InChI=1S/C14H10BrClN2O/c1-19-9-3-5-12-13(7-9)18-14(17-12)8-2-4-10(15)11(16)6-8/h2-7H,1H3,(H,17,18). The summed E-state index contributed by atoms with van der Waals surface area (Å²) in [6, 6.07) is 11.5. The van der Waals surface area contributed by atoms with Crippen molar-refractivity contribution in [1.82, 2.24) is 9.97 Å². The molecular formula is C14H10BrClN2O. The second-order valence-electron chi connectivity index (χ2n) is 4.10. The molecular weight excluding hydrogens is 328 g/mol. The molecule has 3 rings (SSSR count). The molecule has 0 radical (unpaired) electrons. The lowest BCUT2D eigenvalue weighted by Crippen LogP contribution is -1.81. The quantitative estimate of drug-likeness (QED) is 0.739. The van der Waals surface area contributed by atoms with Gasteiger partial charge >= 0.3 is 0 Å².